The van der Waals surface area contributed by atoms with Crippen LogP contribution in [0.1, 0.15) is 29.0 Å². The molecule has 0 unspecified atom stereocenters. The molecule has 0 bridgehead atoms. The number of rotatable bonds is 6. The minimum absolute atomic E-state index is 0.0636. The van der Waals surface area contributed by atoms with Crippen molar-refractivity contribution in [1.82, 2.24) is 34.4 Å². The highest BCUT2D eigenvalue weighted by atomic mass is 16.5. The number of para-hydroxylation sites is 1. The van der Waals surface area contributed by atoms with Crippen molar-refractivity contribution in [3.8, 4) is 22.8 Å². The number of methoxy groups -OCH3 is 1. The number of nitrogens with zero attached hydrogens (tertiary/aromatic N) is 6. The molecule has 2 aromatic carbocycles. The molecule has 6 aromatic rings. The SMILES string of the molecule is COc1ncc(-c2cccc3cc([C@H](C)NC(=O)c4c(N)nn5cccnc45)n(-c4ccccc4)c(=O)c23)cn1. The third kappa shape index (κ3) is 4.19. The molecule has 0 aliphatic carbocycles. The summed E-state index contributed by atoms with van der Waals surface area (Å²) in [6.07, 6.45) is 6.48. The number of pyridine rings is 1. The second kappa shape index (κ2) is 9.95. The Bertz CT molecular complexity index is 1930. The topological polar surface area (TPSA) is 142 Å². The van der Waals surface area contributed by atoms with Crippen molar-refractivity contribution in [2.75, 3.05) is 12.8 Å². The van der Waals surface area contributed by atoms with Crippen molar-refractivity contribution < 1.29 is 9.53 Å². The van der Waals surface area contributed by atoms with E-state index in [-0.39, 0.29) is 23.0 Å². The zero-order chi connectivity index (χ0) is 27.8. The van der Waals surface area contributed by atoms with Crippen molar-refractivity contribution in [2.24, 2.45) is 0 Å². The van der Waals surface area contributed by atoms with Crippen LogP contribution < -0.4 is 21.3 Å². The molecule has 4 heterocycles. The minimum Gasteiger partial charge on any atom is -0.467 e. The van der Waals surface area contributed by atoms with Gasteiger partial charge in [-0.25, -0.2) is 19.5 Å². The van der Waals surface area contributed by atoms with Crippen molar-refractivity contribution in [3.05, 3.63) is 107 Å². The number of carbonyl (C=O) groups is 1. The Morgan fingerprint density at radius 2 is 1.80 bits per heavy atom. The number of carbonyl (C=O) groups excluding carboxylic acids is 1. The first kappa shape index (κ1) is 24.7. The molecular formula is C29H24N8O3. The van der Waals surface area contributed by atoms with Gasteiger partial charge in [0.1, 0.15) is 5.56 Å². The third-order valence-electron chi connectivity index (χ3n) is 6.65. The molecule has 4 aromatic heterocycles. The average molecular weight is 533 g/mol. The van der Waals surface area contributed by atoms with Gasteiger partial charge in [-0.05, 0) is 42.1 Å². The molecule has 198 valence electrons. The number of aromatic nitrogens is 6. The van der Waals surface area contributed by atoms with Gasteiger partial charge in [-0.15, -0.1) is 5.10 Å². The van der Waals surface area contributed by atoms with Crippen LogP contribution in [0, 0.1) is 0 Å². The van der Waals surface area contributed by atoms with Crippen LogP contribution in [-0.2, 0) is 0 Å². The highest BCUT2D eigenvalue weighted by Gasteiger charge is 2.24. The molecule has 6 rings (SSSR count). The summed E-state index contributed by atoms with van der Waals surface area (Å²) in [6, 6.07) is 18.1. The molecule has 3 N–H and O–H groups in total. The van der Waals surface area contributed by atoms with Crippen LogP contribution in [0.15, 0.2) is 90.2 Å². The molecule has 11 nitrogen and oxygen atoms in total. The number of anilines is 1. The predicted octanol–water partition coefficient (Wildman–Crippen LogP) is 3.57. The molecule has 0 saturated carbocycles. The summed E-state index contributed by atoms with van der Waals surface area (Å²) in [5.74, 6) is -0.385. The number of nitrogens with two attached hydrogens (primary N) is 1. The van der Waals surface area contributed by atoms with Gasteiger partial charge in [-0.1, -0.05) is 36.4 Å². The lowest BCUT2D eigenvalue weighted by Gasteiger charge is -2.21. The number of hydrogen-bond donors (Lipinski definition) is 2. The van der Waals surface area contributed by atoms with Crippen LogP contribution in [0.25, 0.3) is 33.2 Å². The van der Waals surface area contributed by atoms with Crippen molar-refractivity contribution in [1.29, 1.82) is 0 Å². The molecule has 1 amide bonds. The second-order valence-electron chi connectivity index (χ2n) is 9.12. The normalized spacial score (nSPS) is 11.9. The number of nitrogens with one attached hydrogen (secondary N) is 1. The lowest BCUT2D eigenvalue weighted by Crippen LogP contribution is -2.32. The monoisotopic (exact) mass is 532 g/mol. The van der Waals surface area contributed by atoms with Crippen LogP contribution in [0.5, 0.6) is 6.01 Å². The first-order valence-electron chi connectivity index (χ1n) is 12.5. The summed E-state index contributed by atoms with van der Waals surface area (Å²) >= 11 is 0. The average Bonchev–Trinajstić information content (AvgIpc) is 3.33. The number of ether oxygens (including phenoxy) is 1. The second-order valence-corrected chi connectivity index (χ2v) is 9.12. The van der Waals surface area contributed by atoms with Gasteiger partial charge in [0.25, 0.3) is 11.5 Å². The van der Waals surface area contributed by atoms with E-state index in [0.29, 0.717) is 38.9 Å². The molecule has 11 heteroatoms. The van der Waals surface area contributed by atoms with Crippen molar-refractivity contribution in [3.63, 3.8) is 0 Å². The lowest BCUT2D eigenvalue weighted by atomic mass is 9.99. The Labute approximate surface area is 227 Å². The summed E-state index contributed by atoms with van der Waals surface area (Å²) in [6.45, 7) is 1.81. The van der Waals surface area contributed by atoms with Gasteiger partial charge in [0.15, 0.2) is 11.5 Å². The van der Waals surface area contributed by atoms with E-state index in [9.17, 15) is 9.59 Å². The molecule has 1 atom stereocenters. The fraction of sp³-hybridized carbons (Fsp3) is 0.103. The maximum atomic E-state index is 14.3. The fourth-order valence-corrected chi connectivity index (χ4v) is 4.81. The largest absolute Gasteiger partial charge is 0.467 e. The van der Waals surface area contributed by atoms with Gasteiger partial charge >= 0.3 is 6.01 Å². The summed E-state index contributed by atoms with van der Waals surface area (Å²) < 4.78 is 8.15. The van der Waals surface area contributed by atoms with Gasteiger partial charge in [-0.3, -0.25) is 14.2 Å². The van der Waals surface area contributed by atoms with Crippen LogP contribution in [0.3, 0.4) is 0 Å². The predicted molar refractivity (Wildman–Crippen MR) is 150 cm³/mol. The van der Waals surface area contributed by atoms with E-state index in [1.54, 1.807) is 35.4 Å². The highest BCUT2D eigenvalue weighted by Crippen LogP contribution is 2.29. The van der Waals surface area contributed by atoms with E-state index >= 15 is 0 Å². The van der Waals surface area contributed by atoms with Gasteiger partial charge in [0, 0.05) is 41.7 Å². The van der Waals surface area contributed by atoms with Gasteiger partial charge < -0.3 is 15.8 Å². The zero-order valence-corrected chi connectivity index (χ0v) is 21.6. The molecule has 0 radical (unpaired) electrons. The summed E-state index contributed by atoms with van der Waals surface area (Å²) in [5.41, 5.74) is 8.94. The van der Waals surface area contributed by atoms with Crippen molar-refractivity contribution in [2.45, 2.75) is 13.0 Å². The van der Waals surface area contributed by atoms with Gasteiger partial charge in [0.2, 0.25) is 0 Å². The summed E-state index contributed by atoms with van der Waals surface area (Å²) in [5, 5.41) is 8.37. The number of nitrogen functional groups attached to an aromatic ring is 1. The van der Waals surface area contributed by atoms with E-state index < -0.39 is 11.9 Å². The molecular weight excluding hydrogens is 508 g/mol. The standard InChI is InChI=1S/C29H24N8O3/c1-17(34-27(38)24-25(30)35-36-13-7-12-31-26(24)36)22-14-18-8-6-11-21(19-15-32-29(40-2)33-16-19)23(18)28(39)37(22)20-9-4-3-5-10-20/h3-17H,1-2H3,(H2,30,35)(H,34,38)/t17-/m0/s1. The van der Waals surface area contributed by atoms with Gasteiger partial charge in [0.05, 0.1) is 18.5 Å². The first-order valence-corrected chi connectivity index (χ1v) is 12.5. The smallest absolute Gasteiger partial charge is 0.316 e. The molecule has 0 aliphatic heterocycles. The highest BCUT2D eigenvalue weighted by molar-refractivity contribution is 6.04. The Morgan fingerprint density at radius 1 is 1.02 bits per heavy atom. The maximum absolute atomic E-state index is 14.3. The fourth-order valence-electron chi connectivity index (χ4n) is 4.81. The van der Waals surface area contributed by atoms with E-state index in [1.807, 2.05) is 61.5 Å². The third-order valence-corrected chi connectivity index (χ3v) is 6.65. The van der Waals surface area contributed by atoms with Crippen LogP contribution in [0.4, 0.5) is 5.82 Å². The van der Waals surface area contributed by atoms with E-state index in [1.165, 1.54) is 11.6 Å². The number of hydrogen-bond acceptors (Lipinski definition) is 8. The molecule has 0 aliphatic rings. The number of amides is 1. The van der Waals surface area contributed by atoms with E-state index in [0.717, 1.165) is 0 Å². The Hall–Kier alpha value is -5.58. The molecule has 0 fully saturated rings. The maximum Gasteiger partial charge on any atom is 0.316 e. The minimum atomic E-state index is -0.587. The lowest BCUT2D eigenvalue weighted by molar-refractivity contribution is 0.0941. The molecule has 40 heavy (non-hydrogen) atoms. The molecule has 0 saturated heterocycles. The number of benzene rings is 2. The van der Waals surface area contributed by atoms with Crippen LogP contribution in [0.2, 0.25) is 0 Å². The van der Waals surface area contributed by atoms with Crippen molar-refractivity contribution >= 4 is 28.1 Å². The number of fused-ring (bicyclic) bond motifs is 2. The summed E-state index contributed by atoms with van der Waals surface area (Å²) in [7, 11) is 1.49. The van der Waals surface area contributed by atoms with E-state index in [2.05, 4.69) is 25.4 Å². The van der Waals surface area contributed by atoms with Gasteiger partial charge in [-0.2, -0.15) is 0 Å². The summed E-state index contributed by atoms with van der Waals surface area (Å²) in [4.78, 5) is 40.4. The molecule has 0 spiro atoms. The quantitative estimate of drug-likeness (QED) is 0.332. The first-order chi connectivity index (χ1) is 19.5. The van der Waals surface area contributed by atoms with Crippen LogP contribution in [-0.4, -0.2) is 42.2 Å². The Morgan fingerprint density at radius 3 is 2.55 bits per heavy atom. The Balaban J connectivity index is 1.50. The Kier molecular flexibility index (Phi) is 6.15. The zero-order valence-electron chi connectivity index (χ0n) is 21.6. The van der Waals surface area contributed by atoms with Crippen LogP contribution >= 0.6 is 0 Å². The van der Waals surface area contributed by atoms with E-state index in [4.69, 9.17) is 10.5 Å².